The number of halogens is 2. The van der Waals surface area contributed by atoms with Crippen molar-refractivity contribution >= 4 is 5.78 Å². The summed E-state index contributed by atoms with van der Waals surface area (Å²) in [6.45, 7) is 0. The molecule has 0 spiro atoms. The van der Waals surface area contributed by atoms with Crippen molar-refractivity contribution in [2.45, 2.75) is 31.2 Å². The van der Waals surface area contributed by atoms with Gasteiger partial charge in [0.1, 0.15) is 0 Å². The van der Waals surface area contributed by atoms with E-state index in [2.05, 4.69) is 0 Å². The Kier molecular flexibility index (Phi) is 2.76. The smallest absolute Gasteiger partial charge is 0.159 e. The zero-order chi connectivity index (χ0) is 11.8. The molecule has 1 aromatic rings. The van der Waals surface area contributed by atoms with E-state index in [9.17, 15) is 13.6 Å². The number of ketones is 1. The summed E-state index contributed by atoms with van der Waals surface area (Å²) in [4.78, 5) is 11.8. The quantitative estimate of drug-likeness (QED) is 0.854. The number of rotatable bonds is 3. The highest BCUT2D eigenvalue weighted by atomic mass is 19.2. The van der Waals surface area contributed by atoms with Crippen LogP contribution in [0.1, 0.15) is 24.8 Å². The molecular formula is C12H13F2NO. The molecule has 1 saturated carbocycles. The van der Waals surface area contributed by atoms with Crippen LogP contribution in [-0.4, -0.2) is 11.3 Å². The lowest BCUT2D eigenvalue weighted by molar-refractivity contribution is -0.126. The number of hydrogen-bond donors (Lipinski definition) is 1. The van der Waals surface area contributed by atoms with Crippen LogP contribution < -0.4 is 5.73 Å². The fourth-order valence-electron chi connectivity index (χ4n) is 1.85. The van der Waals surface area contributed by atoms with Gasteiger partial charge in [-0.25, -0.2) is 8.78 Å². The topological polar surface area (TPSA) is 43.1 Å². The molecule has 1 fully saturated rings. The van der Waals surface area contributed by atoms with Crippen molar-refractivity contribution < 1.29 is 13.6 Å². The minimum Gasteiger partial charge on any atom is -0.319 e. The van der Waals surface area contributed by atoms with Crippen molar-refractivity contribution in [1.29, 1.82) is 0 Å². The van der Waals surface area contributed by atoms with Crippen LogP contribution in [0.3, 0.4) is 0 Å². The monoisotopic (exact) mass is 225 g/mol. The molecule has 86 valence electrons. The summed E-state index contributed by atoms with van der Waals surface area (Å²) in [5, 5.41) is 0. The normalized spacial score (nSPS) is 17.9. The molecule has 1 aromatic carbocycles. The second-order valence-electron chi connectivity index (χ2n) is 4.36. The van der Waals surface area contributed by atoms with Gasteiger partial charge in [0.05, 0.1) is 5.54 Å². The zero-order valence-electron chi connectivity index (χ0n) is 8.80. The Morgan fingerprint density at radius 2 is 2.00 bits per heavy atom. The van der Waals surface area contributed by atoms with Crippen molar-refractivity contribution in [2.24, 2.45) is 5.73 Å². The van der Waals surface area contributed by atoms with Gasteiger partial charge in [-0.05, 0) is 37.0 Å². The van der Waals surface area contributed by atoms with E-state index in [0.717, 1.165) is 18.6 Å². The number of nitrogens with two attached hydrogens (primary N) is 1. The number of benzene rings is 1. The predicted octanol–water partition coefficient (Wildman–Crippen LogP) is 1.96. The average Bonchev–Trinajstić information content (AvgIpc) is 2.20. The van der Waals surface area contributed by atoms with Gasteiger partial charge in [0.2, 0.25) is 0 Å². The van der Waals surface area contributed by atoms with E-state index >= 15 is 0 Å². The van der Waals surface area contributed by atoms with Crippen LogP contribution in [0.2, 0.25) is 0 Å². The Hall–Kier alpha value is -1.29. The fourth-order valence-corrected chi connectivity index (χ4v) is 1.85. The van der Waals surface area contributed by atoms with Gasteiger partial charge in [-0.15, -0.1) is 0 Å². The van der Waals surface area contributed by atoms with Gasteiger partial charge >= 0.3 is 0 Å². The van der Waals surface area contributed by atoms with Crippen molar-refractivity contribution in [1.82, 2.24) is 0 Å². The molecule has 0 radical (unpaired) electrons. The number of carbonyl (C=O) groups is 1. The molecule has 2 rings (SSSR count). The lowest BCUT2D eigenvalue weighted by atomic mass is 9.73. The van der Waals surface area contributed by atoms with E-state index in [1.165, 1.54) is 6.07 Å². The molecule has 1 aliphatic rings. The van der Waals surface area contributed by atoms with Gasteiger partial charge in [-0.3, -0.25) is 4.79 Å². The first kappa shape index (κ1) is 11.2. The van der Waals surface area contributed by atoms with E-state index in [-0.39, 0.29) is 12.2 Å². The Morgan fingerprint density at radius 1 is 1.31 bits per heavy atom. The highest BCUT2D eigenvalue weighted by Crippen LogP contribution is 2.31. The maximum atomic E-state index is 12.9. The second kappa shape index (κ2) is 3.94. The standard InChI is InChI=1S/C12H13F2NO/c13-9-3-2-8(6-10(9)14)7-11(16)12(15)4-1-5-12/h2-3,6H,1,4-5,7,15H2. The van der Waals surface area contributed by atoms with Crippen molar-refractivity contribution in [2.75, 3.05) is 0 Å². The van der Waals surface area contributed by atoms with Crippen molar-refractivity contribution in [3.8, 4) is 0 Å². The highest BCUT2D eigenvalue weighted by molar-refractivity contribution is 5.90. The molecule has 0 saturated heterocycles. The molecule has 2 nitrogen and oxygen atoms in total. The van der Waals surface area contributed by atoms with Crippen LogP contribution in [0.25, 0.3) is 0 Å². The van der Waals surface area contributed by atoms with E-state index < -0.39 is 17.2 Å². The number of Topliss-reactive ketones (excluding diaryl/α,β-unsaturated/α-hetero) is 1. The molecule has 0 aliphatic heterocycles. The van der Waals surface area contributed by atoms with Crippen LogP contribution in [0.15, 0.2) is 18.2 Å². The van der Waals surface area contributed by atoms with Crippen LogP contribution in [0, 0.1) is 11.6 Å². The van der Waals surface area contributed by atoms with Crippen LogP contribution in [-0.2, 0) is 11.2 Å². The largest absolute Gasteiger partial charge is 0.319 e. The lowest BCUT2D eigenvalue weighted by Crippen LogP contribution is -2.54. The van der Waals surface area contributed by atoms with Gasteiger partial charge < -0.3 is 5.73 Å². The van der Waals surface area contributed by atoms with E-state index in [4.69, 9.17) is 5.73 Å². The van der Waals surface area contributed by atoms with Gasteiger partial charge in [-0.1, -0.05) is 6.07 Å². The average molecular weight is 225 g/mol. The van der Waals surface area contributed by atoms with E-state index in [0.29, 0.717) is 18.4 Å². The summed E-state index contributed by atoms with van der Waals surface area (Å²) < 4.78 is 25.6. The fraction of sp³-hybridized carbons (Fsp3) is 0.417. The lowest BCUT2D eigenvalue weighted by Gasteiger charge is -2.36. The third kappa shape index (κ3) is 1.97. The molecule has 0 unspecified atom stereocenters. The third-order valence-corrected chi connectivity index (χ3v) is 3.15. The molecule has 4 heteroatoms. The predicted molar refractivity (Wildman–Crippen MR) is 55.8 cm³/mol. The first-order valence-corrected chi connectivity index (χ1v) is 5.27. The zero-order valence-corrected chi connectivity index (χ0v) is 8.80. The molecule has 2 N–H and O–H groups in total. The van der Waals surface area contributed by atoms with E-state index in [1.807, 2.05) is 0 Å². The van der Waals surface area contributed by atoms with Gasteiger partial charge in [0.25, 0.3) is 0 Å². The van der Waals surface area contributed by atoms with Gasteiger partial charge in [-0.2, -0.15) is 0 Å². The minimum atomic E-state index is -0.926. The summed E-state index contributed by atoms with van der Waals surface area (Å²) in [5.41, 5.74) is 5.59. The van der Waals surface area contributed by atoms with Gasteiger partial charge in [0.15, 0.2) is 17.4 Å². The maximum Gasteiger partial charge on any atom is 0.159 e. The molecule has 0 aromatic heterocycles. The third-order valence-electron chi connectivity index (χ3n) is 3.15. The first-order chi connectivity index (χ1) is 7.51. The number of hydrogen-bond acceptors (Lipinski definition) is 2. The highest BCUT2D eigenvalue weighted by Gasteiger charge is 2.39. The second-order valence-corrected chi connectivity index (χ2v) is 4.36. The SMILES string of the molecule is NC1(C(=O)Cc2ccc(F)c(F)c2)CCC1. The molecular weight excluding hydrogens is 212 g/mol. The van der Waals surface area contributed by atoms with Gasteiger partial charge in [0, 0.05) is 6.42 Å². The Bertz CT molecular complexity index is 427. The Balaban J connectivity index is 2.09. The molecule has 0 amide bonds. The molecule has 0 heterocycles. The summed E-state index contributed by atoms with van der Waals surface area (Å²) in [6, 6.07) is 3.50. The number of carbonyl (C=O) groups excluding carboxylic acids is 1. The van der Waals surface area contributed by atoms with Crippen LogP contribution in [0.5, 0.6) is 0 Å². The van der Waals surface area contributed by atoms with Crippen molar-refractivity contribution in [3.05, 3.63) is 35.4 Å². The van der Waals surface area contributed by atoms with Crippen molar-refractivity contribution in [3.63, 3.8) is 0 Å². The molecule has 16 heavy (non-hydrogen) atoms. The Labute approximate surface area is 92.4 Å². The van der Waals surface area contributed by atoms with Crippen LogP contribution in [0.4, 0.5) is 8.78 Å². The van der Waals surface area contributed by atoms with Crippen LogP contribution >= 0.6 is 0 Å². The summed E-state index contributed by atoms with van der Waals surface area (Å²) in [5.74, 6) is -1.92. The summed E-state index contributed by atoms with van der Waals surface area (Å²) in [7, 11) is 0. The summed E-state index contributed by atoms with van der Waals surface area (Å²) in [6.07, 6.45) is 2.42. The molecule has 0 atom stereocenters. The summed E-state index contributed by atoms with van der Waals surface area (Å²) >= 11 is 0. The first-order valence-electron chi connectivity index (χ1n) is 5.27. The van der Waals surface area contributed by atoms with E-state index in [1.54, 1.807) is 0 Å². The minimum absolute atomic E-state index is 0.0771. The molecule has 0 bridgehead atoms. The maximum absolute atomic E-state index is 12.9. The molecule has 1 aliphatic carbocycles. The Morgan fingerprint density at radius 3 is 2.50 bits per heavy atom.